The lowest BCUT2D eigenvalue weighted by Gasteiger charge is -2.25. The molecule has 25 heavy (non-hydrogen) atoms. The van der Waals surface area contributed by atoms with Gasteiger partial charge in [0, 0.05) is 5.92 Å². The molecule has 0 aliphatic rings. The van der Waals surface area contributed by atoms with Crippen LogP contribution in [0.5, 0.6) is 0 Å². The first kappa shape index (κ1) is 17.5. The molecule has 0 heteroatoms. The van der Waals surface area contributed by atoms with Crippen LogP contribution in [0.15, 0.2) is 54.6 Å². The molecule has 3 aromatic carbocycles. The Balaban J connectivity index is 2.29. The van der Waals surface area contributed by atoms with Crippen molar-refractivity contribution in [3.63, 3.8) is 0 Å². The maximum atomic E-state index is 2.37. The van der Waals surface area contributed by atoms with Gasteiger partial charge in [0.15, 0.2) is 0 Å². The molecule has 0 fully saturated rings. The van der Waals surface area contributed by atoms with E-state index in [0.717, 1.165) is 0 Å². The van der Waals surface area contributed by atoms with Gasteiger partial charge in [0.05, 0.1) is 0 Å². The molecule has 0 spiro atoms. The van der Waals surface area contributed by atoms with Gasteiger partial charge in [-0.05, 0) is 86.1 Å². The first-order chi connectivity index (χ1) is 11.9. The van der Waals surface area contributed by atoms with E-state index in [1.54, 1.807) is 0 Å². The molecule has 128 valence electrons. The number of aryl methyl sites for hydroxylation is 5. The van der Waals surface area contributed by atoms with E-state index in [-0.39, 0.29) is 5.92 Å². The third-order valence-electron chi connectivity index (χ3n) is 5.44. The van der Waals surface area contributed by atoms with Gasteiger partial charge in [0.25, 0.3) is 0 Å². The van der Waals surface area contributed by atoms with Gasteiger partial charge < -0.3 is 0 Å². The van der Waals surface area contributed by atoms with Crippen LogP contribution < -0.4 is 0 Å². The summed E-state index contributed by atoms with van der Waals surface area (Å²) in [6, 6.07) is 20.3. The monoisotopic (exact) mass is 328 g/mol. The SMILES string of the molecule is Cc1cc(C)c(C(c2ccccc2)c2cc(C)c(C)c(C)c2)c(C)c1. The Morgan fingerprint density at radius 2 is 1.08 bits per heavy atom. The van der Waals surface area contributed by atoms with Crippen LogP contribution in [0.3, 0.4) is 0 Å². The lowest BCUT2D eigenvalue weighted by molar-refractivity contribution is 0.938. The van der Waals surface area contributed by atoms with E-state index in [9.17, 15) is 0 Å². The van der Waals surface area contributed by atoms with E-state index in [1.165, 1.54) is 50.1 Å². The Hall–Kier alpha value is -2.34. The highest BCUT2D eigenvalue weighted by Crippen LogP contribution is 2.37. The number of benzene rings is 3. The third-order valence-corrected chi connectivity index (χ3v) is 5.44. The van der Waals surface area contributed by atoms with Gasteiger partial charge in [0.2, 0.25) is 0 Å². The Bertz CT molecular complexity index is 855. The zero-order valence-corrected chi connectivity index (χ0v) is 16.3. The molecule has 1 atom stereocenters. The third kappa shape index (κ3) is 3.39. The maximum absolute atomic E-state index is 2.37. The van der Waals surface area contributed by atoms with Crippen LogP contribution in [-0.2, 0) is 0 Å². The van der Waals surface area contributed by atoms with E-state index in [1.807, 2.05) is 0 Å². The highest BCUT2D eigenvalue weighted by atomic mass is 14.2. The molecule has 0 N–H and O–H groups in total. The molecular formula is C25H28. The fourth-order valence-electron chi connectivity index (χ4n) is 4.05. The topological polar surface area (TPSA) is 0 Å². The van der Waals surface area contributed by atoms with Crippen molar-refractivity contribution < 1.29 is 0 Å². The summed E-state index contributed by atoms with van der Waals surface area (Å²) >= 11 is 0. The predicted octanol–water partition coefficient (Wildman–Crippen LogP) is 6.72. The quantitative estimate of drug-likeness (QED) is 0.468. The Morgan fingerprint density at radius 3 is 1.60 bits per heavy atom. The molecule has 0 aliphatic carbocycles. The van der Waals surface area contributed by atoms with Crippen molar-refractivity contribution in [2.45, 2.75) is 47.5 Å². The van der Waals surface area contributed by atoms with Crippen molar-refractivity contribution in [1.29, 1.82) is 0 Å². The average Bonchev–Trinajstić information content (AvgIpc) is 2.56. The van der Waals surface area contributed by atoms with Gasteiger partial charge in [-0.3, -0.25) is 0 Å². The summed E-state index contributed by atoms with van der Waals surface area (Å²) < 4.78 is 0. The normalized spacial score (nSPS) is 12.2. The van der Waals surface area contributed by atoms with Crippen molar-refractivity contribution >= 4 is 0 Å². The Morgan fingerprint density at radius 1 is 0.560 bits per heavy atom. The van der Waals surface area contributed by atoms with Crippen molar-refractivity contribution in [2.75, 3.05) is 0 Å². The summed E-state index contributed by atoms with van der Waals surface area (Å²) in [7, 11) is 0. The molecule has 0 amide bonds. The van der Waals surface area contributed by atoms with Crippen LogP contribution >= 0.6 is 0 Å². The highest BCUT2D eigenvalue weighted by Gasteiger charge is 2.21. The summed E-state index contributed by atoms with van der Waals surface area (Å²) in [5, 5.41) is 0. The second-order valence-corrected chi connectivity index (χ2v) is 7.44. The van der Waals surface area contributed by atoms with Gasteiger partial charge in [-0.2, -0.15) is 0 Å². The minimum absolute atomic E-state index is 0.278. The van der Waals surface area contributed by atoms with Gasteiger partial charge in [-0.1, -0.05) is 60.2 Å². The molecule has 0 radical (unpaired) electrons. The maximum Gasteiger partial charge on any atom is 0.0345 e. The molecule has 0 nitrogen and oxygen atoms in total. The molecule has 1 unspecified atom stereocenters. The largest absolute Gasteiger partial charge is 0.0622 e. The first-order valence-electron chi connectivity index (χ1n) is 9.09. The second kappa shape index (κ2) is 6.88. The van der Waals surface area contributed by atoms with Crippen molar-refractivity contribution in [2.24, 2.45) is 0 Å². The fourth-order valence-corrected chi connectivity index (χ4v) is 4.05. The number of hydrogen-bond donors (Lipinski definition) is 0. The van der Waals surface area contributed by atoms with Crippen LogP contribution in [0, 0.1) is 41.5 Å². The van der Waals surface area contributed by atoms with E-state index in [2.05, 4.69) is 96.1 Å². The lowest BCUT2D eigenvalue weighted by Crippen LogP contribution is -2.09. The summed E-state index contributed by atoms with van der Waals surface area (Å²) in [6.07, 6.45) is 0. The molecule has 3 rings (SSSR count). The van der Waals surface area contributed by atoms with E-state index in [0.29, 0.717) is 0 Å². The molecule has 0 heterocycles. The van der Waals surface area contributed by atoms with Crippen LogP contribution in [-0.4, -0.2) is 0 Å². The van der Waals surface area contributed by atoms with Crippen LogP contribution in [0.25, 0.3) is 0 Å². The van der Waals surface area contributed by atoms with Crippen molar-refractivity contribution in [3.8, 4) is 0 Å². The first-order valence-corrected chi connectivity index (χ1v) is 9.09. The number of hydrogen-bond acceptors (Lipinski definition) is 0. The van der Waals surface area contributed by atoms with Gasteiger partial charge >= 0.3 is 0 Å². The van der Waals surface area contributed by atoms with Crippen molar-refractivity contribution in [3.05, 3.63) is 105 Å². The lowest BCUT2D eigenvalue weighted by atomic mass is 9.79. The summed E-state index contributed by atoms with van der Waals surface area (Å²) in [5.41, 5.74) is 12.4. The van der Waals surface area contributed by atoms with Gasteiger partial charge in [-0.15, -0.1) is 0 Å². The van der Waals surface area contributed by atoms with Crippen LogP contribution in [0.4, 0.5) is 0 Å². The van der Waals surface area contributed by atoms with E-state index in [4.69, 9.17) is 0 Å². The minimum atomic E-state index is 0.278. The van der Waals surface area contributed by atoms with E-state index >= 15 is 0 Å². The second-order valence-electron chi connectivity index (χ2n) is 7.44. The zero-order chi connectivity index (χ0) is 18.1. The predicted molar refractivity (Wildman–Crippen MR) is 109 cm³/mol. The molecule has 0 aliphatic heterocycles. The number of rotatable bonds is 3. The molecular weight excluding hydrogens is 300 g/mol. The molecule has 0 saturated carbocycles. The van der Waals surface area contributed by atoms with Crippen LogP contribution in [0.1, 0.15) is 56.0 Å². The molecule has 0 aromatic heterocycles. The van der Waals surface area contributed by atoms with Gasteiger partial charge in [-0.25, -0.2) is 0 Å². The molecule has 0 saturated heterocycles. The fraction of sp³-hybridized carbons (Fsp3) is 0.280. The molecule has 0 bridgehead atoms. The standard InChI is InChI=1S/C25H28/c1-16-12-19(4)24(20(5)13-16)25(22-10-8-7-9-11-22)23-14-17(2)21(6)18(3)15-23/h7-15,25H,1-6H3. The zero-order valence-electron chi connectivity index (χ0n) is 16.3. The van der Waals surface area contributed by atoms with Crippen molar-refractivity contribution in [1.82, 2.24) is 0 Å². The Labute approximate surface area is 152 Å². The summed E-state index contributed by atoms with van der Waals surface area (Å²) in [6.45, 7) is 13.3. The smallest absolute Gasteiger partial charge is 0.0345 e. The highest BCUT2D eigenvalue weighted by molar-refractivity contribution is 5.52. The summed E-state index contributed by atoms with van der Waals surface area (Å²) in [4.78, 5) is 0. The Kier molecular flexibility index (Phi) is 4.81. The average molecular weight is 328 g/mol. The van der Waals surface area contributed by atoms with Crippen LogP contribution in [0.2, 0.25) is 0 Å². The van der Waals surface area contributed by atoms with Gasteiger partial charge in [0.1, 0.15) is 0 Å². The molecule has 3 aromatic rings. The summed E-state index contributed by atoms with van der Waals surface area (Å²) in [5.74, 6) is 0.278. The minimum Gasteiger partial charge on any atom is -0.0622 e. The van der Waals surface area contributed by atoms with E-state index < -0.39 is 0 Å².